The van der Waals surface area contributed by atoms with Gasteiger partial charge in [0.25, 0.3) is 5.91 Å². The molecule has 3 aromatic rings. The van der Waals surface area contributed by atoms with Gasteiger partial charge in [-0.3, -0.25) is 9.59 Å². The van der Waals surface area contributed by atoms with Crippen molar-refractivity contribution in [1.29, 1.82) is 0 Å². The Balaban J connectivity index is 1.84. The van der Waals surface area contributed by atoms with Crippen LogP contribution < -0.4 is 10.7 Å². The molecule has 7 nitrogen and oxygen atoms in total. The van der Waals surface area contributed by atoms with Crippen molar-refractivity contribution in [3.05, 3.63) is 62.3 Å². The Morgan fingerprint density at radius 2 is 2.06 bits per heavy atom. The average molecular weight is 570 g/mol. The zero-order valence-electron chi connectivity index (χ0n) is 17.8. The van der Waals surface area contributed by atoms with Crippen molar-refractivity contribution >= 4 is 51.4 Å². The molecule has 1 aromatic carbocycles. The Morgan fingerprint density at radius 1 is 1.31 bits per heavy atom. The molecular weight excluding hydrogens is 548 g/mol. The first-order valence-electron chi connectivity index (χ1n) is 10.3. The molecule has 0 saturated carbocycles. The van der Waals surface area contributed by atoms with E-state index in [-0.39, 0.29) is 28.0 Å². The second-order valence-electron chi connectivity index (χ2n) is 8.11. The van der Waals surface area contributed by atoms with E-state index in [0.29, 0.717) is 17.3 Å². The van der Waals surface area contributed by atoms with Crippen LogP contribution in [0, 0.1) is 19.7 Å². The molecule has 0 radical (unpaired) electrons. The minimum atomic E-state index is -0.622. The fraction of sp³-hybridized carbons (Fsp3) is 0.364. The van der Waals surface area contributed by atoms with Gasteiger partial charge in [-0.05, 0) is 63.4 Å². The smallest absolute Gasteiger partial charge is 0.276 e. The zero-order chi connectivity index (χ0) is 23.2. The molecule has 1 aliphatic heterocycles. The van der Waals surface area contributed by atoms with Crippen LogP contribution in [-0.4, -0.2) is 42.4 Å². The number of pyridine rings is 1. The second kappa shape index (κ2) is 9.03. The maximum Gasteiger partial charge on any atom is 0.276 e. The summed E-state index contributed by atoms with van der Waals surface area (Å²) in [5.41, 5.74) is 1.04. The van der Waals surface area contributed by atoms with Gasteiger partial charge >= 0.3 is 0 Å². The Bertz CT molecular complexity index is 1280. The molecular formula is C22H22ClFIN5O2. The molecule has 2 aromatic heterocycles. The minimum absolute atomic E-state index is 0.0676. The molecule has 1 aliphatic rings. The maximum atomic E-state index is 14.8. The first-order valence-corrected chi connectivity index (χ1v) is 11.6. The number of benzene rings is 1. The standard InChI is InChI=1S/C22H22ClFIN5O2/c1-11-8-18-19(26-13(11)3)21(31)20(22(32)27-15-6-7-29(25)12(2)9-15)28-30(18)17-5-4-14(23)10-16(17)24/h4-5,8,10,12,15H,6-7,9H2,1-3H3,(H,27,32)/t12-,15-/m0/s1. The number of piperidine rings is 1. The van der Waals surface area contributed by atoms with Gasteiger partial charge in [0.2, 0.25) is 5.43 Å². The summed E-state index contributed by atoms with van der Waals surface area (Å²) in [4.78, 5) is 30.7. The van der Waals surface area contributed by atoms with Crippen molar-refractivity contribution in [2.45, 2.75) is 45.7 Å². The van der Waals surface area contributed by atoms with Gasteiger partial charge in [-0.1, -0.05) is 11.6 Å². The van der Waals surface area contributed by atoms with Crippen LogP contribution in [0.3, 0.4) is 0 Å². The molecule has 32 heavy (non-hydrogen) atoms. The number of carbonyl (C=O) groups is 1. The highest BCUT2D eigenvalue weighted by molar-refractivity contribution is 14.1. The van der Waals surface area contributed by atoms with Gasteiger partial charge in [-0.2, -0.15) is 5.10 Å². The largest absolute Gasteiger partial charge is 0.348 e. The third-order valence-electron chi connectivity index (χ3n) is 5.79. The number of halogens is 3. The van der Waals surface area contributed by atoms with Crippen LogP contribution in [0.1, 0.15) is 41.5 Å². The number of hydrogen-bond acceptors (Lipinski definition) is 5. The summed E-state index contributed by atoms with van der Waals surface area (Å²) < 4.78 is 18.2. The van der Waals surface area contributed by atoms with Gasteiger partial charge in [0.05, 0.1) is 5.52 Å². The highest BCUT2D eigenvalue weighted by Gasteiger charge is 2.28. The van der Waals surface area contributed by atoms with Crippen molar-refractivity contribution in [3.8, 4) is 5.69 Å². The van der Waals surface area contributed by atoms with Gasteiger partial charge in [0.15, 0.2) is 5.69 Å². The van der Waals surface area contributed by atoms with Gasteiger partial charge in [0, 0.05) is 52.2 Å². The van der Waals surface area contributed by atoms with Crippen LogP contribution in [0.25, 0.3) is 16.7 Å². The quantitative estimate of drug-likeness (QED) is 0.379. The number of nitrogens with one attached hydrogen (secondary N) is 1. The molecule has 168 valence electrons. The summed E-state index contributed by atoms with van der Waals surface area (Å²) in [6.07, 6.45) is 1.53. The fourth-order valence-electron chi connectivity index (χ4n) is 3.84. The first kappa shape index (κ1) is 23.1. The Kier molecular flexibility index (Phi) is 6.51. The third-order valence-corrected chi connectivity index (χ3v) is 7.46. The average Bonchev–Trinajstić information content (AvgIpc) is 2.73. The van der Waals surface area contributed by atoms with Crippen LogP contribution in [-0.2, 0) is 0 Å². The predicted octanol–water partition coefficient (Wildman–Crippen LogP) is 4.12. The van der Waals surface area contributed by atoms with Crippen molar-refractivity contribution in [2.24, 2.45) is 0 Å². The molecule has 0 aliphatic carbocycles. The van der Waals surface area contributed by atoms with Crippen LogP contribution in [0.15, 0.2) is 29.1 Å². The van der Waals surface area contributed by atoms with E-state index in [1.807, 2.05) is 6.92 Å². The van der Waals surface area contributed by atoms with Crippen molar-refractivity contribution in [3.63, 3.8) is 0 Å². The molecule has 4 rings (SSSR count). The van der Waals surface area contributed by atoms with E-state index in [4.69, 9.17) is 11.6 Å². The lowest BCUT2D eigenvalue weighted by atomic mass is 10.0. The van der Waals surface area contributed by atoms with Gasteiger partial charge in [-0.25, -0.2) is 17.2 Å². The lowest BCUT2D eigenvalue weighted by Gasteiger charge is -2.33. The molecule has 10 heteroatoms. The number of amides is 1. The number of aryl methyl sites for hydroxylation is 2. The normalized spacial score (nSPS) is 19.3. The van der Waals surface area contributed by atoms with Crippen LogP contribution in [0.4, 0.5) is 4.39 Å². The van der Waals surface area contributed by atoms with Crippen molar-refractivity contribution in [2.75, 3.05) is 6.54 Å². The highest BCUT2D eigenvalue weighted by Crippen LogP contribution is 2.23. The van der Waals surface area contributed by atoms with E-state index in [1.54, 1.807) is 13.0 Å². The van der Waals surface area contributed by atoms with E-state index in [9.17, 15) is 14.0 Å². The molecule has 1 fully saturated rings. The van der Waals surface area contributed by atoms with Crippen LogP contribution >= 0.6 is 34.5 Å². The zero-order valence-corrected chi connectivity index (χ0v) is 20.7. The Hall–Kier alpha value is -2.11. The first-order chi connectivity index (χ1) is 15.2. The number of nitrogens with zero attached hydrogens (tertiary/aromatic N) is 4. The van der Waals surface area contributed by atoms with Crippen molar-refractivity contribution in [1.82, 2.24) is 23.2 Å². The second-order valence-corrected chi connectivity index (χ2v) is 9.79. The van der Waals surface area contributed by atoms with Crippen LogP contribution in [0.2, 0.25) is 5.02 Å². The summed E-state index contributed by atoms with van der Waals surface area (Å²) in [5, 5.41) is 7.45. The minimum Gasteiger partial charge on any atom is -0.348 e. The SMILES string of the molecule is Cc1cc2c(nc1C)c(=O)c(C(=O)N[C@H]1CCN(I)[C@@H](C)C1)nn2-c1ccc(Cl)cc1F. The lowest BCUT2D eigenvalue weighted by Crippen LogP contribution is -2.46. The summed E-state index contributed by atoms with van der Waals surface area (Å²) in [7, 11) is 0. The van der Waals surface area contributed by atoms with E-state index in [0.717, 1.165) is 31.0 Å². The Morgan fingerprint density at radius 3 is 2.75 bits per heavy atom. The van der Waals surface area contributed by atoms with E-state index in [2.05, 4.69) is 48.3 Å². The number of fused-ring (bicyclic) bond motifs is 1. The van der Waals surface area contributed by atoms with Gasteiger partial charge in [-0.15, -0.1) is 0 Å². The predicted molar refractivity (Wildman–Crippen MR) is 130 cm³/mol. The molecule has 1 N–H and O–H groups in total. The number of carbonyl (C=O) groups excluding carboxylic acids is 1. The molecule has 0 spiro atoms. The summed E-state index contributed by atoms with van der Waals surface area (Å²) in [6.45, 7) is 6.54. The molecule has 1 amide bonds. The number of rotatable bonds is 3. The van der Waals surface area contributed by atoms with Gasteiger partial charge in [0.1, 0.15) is 17.0 Å². The van der Waals surface area contributed by atoms with Crippen molar-refractivity contribution < 1.29 is 9.18 Å². The Labute approximate surface area is 203 Å². The number of hydrogen-bond donors (Lipinski definition) is 1. The van der Waals surface area contributed by atoms with E-state index in [1.165, 1.54) is 16.8 Å². The highest BCUT2D eigenvalue weighted by atomic mass is 127. The topological polar surface area (TPSA) is 80.1 Å². The molecule has 1 saturated heterocycles. The summed E-state index contributed by atoms with van der Waals surface area (Å²) in [5.74, 6) is -1.21. The summed E-state index contributed by atoms with van der Waals surface area (Å²) in [6, 6.07) is 6.10. The summed E-state index contributed by atoms with van der Waals surface area (Å²) >= 11 is 8.18. The van der Waals surface area contributed by atoms with E-state index >= 15 is 0 Å². The third kappa shape index (κ3) is 4.38. The van der Waals surface area contributed by atoms with E-state index < -0.39 is 17.2 Å². The molecule has 0 unspecified atom stereocenters. The molecule has 2 atom stereocenters. The maximum absolute atomic E-state index is 14.8. The lowest BCUT2D eigenvalue weighted by molar-refractivity contribution is 0.0910. The molecule has 0 bridgehead atoms. The fourth-order valence-corrected chi connectivity index (χ4v) is 4.51. The monoisotopic (exact) mass is 569 g/mol. The van der Waals surface area contributed by atoms with Crippen LogP contribution in [0.5, 0.6) is 0 Å². The molecule has 3 heterocycles. The van der Waals surface area contributed by atoms with Gasteiger partial charge < -0.3 is 5.32 Å². The number of aromatic nitrogens is 3.